The fourth-order valence-electron chi connectivity index (χ4n) is 5.52. The molecule has 0 radical (unpaired) electrons. The molecule has 0 bridgehead atoms. The number of hydrogen-bond donors (Lipinski definition) is 1. The molecule has 11 heteroatoms. The lowest BCUT2D eigenvalue weighted by Gasteiger charge is -2.27. The Bertz CT molecular complexity index is 1870. The first-order valence-electron chi connectivity index (χ1n) is 16.1. The highest BCUT2D eigenvalue weighted by atomic mass is 16.4. The van der Waals surface area contributed by atoms with Crippen LogP contribution in [0.25, 0.3) is 5.57 Å². The molecule has 1 aliphatic carbocycles. The molecule has 5 rings (SSSR count). The largest absolute Gasteiger partial charge is 0.420 e. The summed E-state index contributed by atoms with van der Waals surface area (Å²) in [6.45, 7) is 19.3. The Morgan fingerprint density at radius 2 is 1.60 bits per heavy atom. The van der Waals surface area contributed by atoms with E-state index < -0.39 is 27.9 Å². The number of carbonyl (C=O) groups excluding carboxylic acids is 4. The van der Waals surface area contributed by atoms with Gasteiger partial charge in [0.2, 0.25) is 29.5 Å². The maximum atomic E-state index is 14.0. The third-order valence-electron chi connectivity index (χ3n) is 8.20. The number of hydrogen-bond acceptors (Lipinski definition) is 9. The van der Waals surface area contributed by atoms with Gasteiger partial charge in [-0.15, -0.1) is 0 Å². The fourth-order valence-corrected chi connectivity index (χ4v) is 5.52. The van der Waals surface area contributed by atoms with Gasteiger partial charge in [0.1, 0.15) is 5.92 Å². The molecule has 0 spiro atoms. The summed E-state index contributed by atoms with van der Waals surface area (Å²) >= 11 is 0. The van der Waals surface area contributed by atoms with Crippen molar-refractivity contribution < 1.29 is 23.6 Å². The van der Waals surface area contributed by atoms with Gasteiger partial charge in [-0.05, 0) is 36.3 Å². The van der Waals surface area contributed by atoms with Gasteiger partial charge < -0.3 is 14.6 Å². The second-order valence-electron chi connectivity index (χ2n) is 15.5. The molecular formula is C37H44N6O5. The molecule has 1 atom stereocenters. The molecule has 2 aromatic heterocycles. The number of nitrogens with zero attached hydrogens (tertiary/aromatic N) is 5. The number of aryl methyl sites for hydroxylation is 1. The van der Waals surface area contributed by atoms with Crippen molar-refractivity contribution in [2.75, 3.05) is 10.2 Å². The van der Waals surface area contributed by atoms with Crippen LogP contribution in [0.2, 0.25) is 0 Å². The monoisotopic (exact) mass is 652 g/mol. The van der Waals surface area contributed by atoms with E-state index in [0.717, 1.165) is 16.8 Å². The van der Waals surface area contributed by atoms with Crippen LogP contribution in [0.3, 0.4) is 0 Å². The van der Waals surface area contributed by atoms with Crippen molar-refractivity contribution in [3.8, 4) is 0 Å². The predicted octanol–water partition coefficient (Wildman–Crippen LogP) is 6.87. The van der Waals surface area contributed by atoms with Crippen molar-refractivity contribution in [1.29, 1.82) is 0 Å². The van der Waals surface area contributed by atoms with Gasteiger partial charge >= 0.3 is 0 Å². The molecule has 0 fully saturated rings. The Labute approximate surface area is 281 Å². The summed E-state index contributed by atoms with van der Waals surface area (Å²) in [6, 6.07) is 5.88. The molecule has 48 heavy (non-hydrogen) atoms. The summed E-state index contributed by atoms with van der Waals surface area (Å²) in [5.74, 6) is -1.19. The number of fused-ring (bicyclic) bond motifs is 1. The van der Waals surface area contributed by atoms with Gasteiger partial charge in [0, 0.05) is 46.8 Å². The smallest absolute Gasteiger partial charge is 0.240 e. The number of rotatable bonds is 6. The Morgan fingerprint density at radius 3 is 2.25 bits per heavy atom. The fraction of sp³-hybridized carbons (Fsp3) is 0.432. The van der Waals surface area contributed by atoms with Crippen molar-refractivity contribution in [2.24, 2.45) is 22.2 Å². The van der Waals surface area contributed by atoms with Crippen LogP contribution in [0, 0.1) is 29.1 Å². The van der Waals surface area contributed by atoms with Crippen LogP contribution in [0.15, 0.2) is 53.2 Å². The van der Waals surface area contributed by atoms with Crippen LogP contribution in [0.1, 0.15) is 84.9 Å². The minimum atomic E-state index is -0.952. The quantitative estimate of drug-likeness (QED) is 0.283. The van der Waals surface area contributed by atoms with Crippen LogP contribution < -0.4 is 10.2 Å². The van der Waals surface area contributed by atoms with E-state index in [-0.39, 0.29) is 46.7 Å². The van der Waals surface area contributed by atoms with E-state index in [1.165, 1.54) is 11.1 Å². The topological polar surface area (TPSA) is 139 Å². The zero-order valence-corrected chi connectivity index (χ0v) is 29.4. The Hall–Kier alpha value is -4.93. The lowest BCUT2D eigenvalue weighted by molar-refractivity contribution is -0.140. The summed E-state index contributed by atoms with van der Waals surface area (Å²) in [5.41, 5.74) is 1.58. The maximum Gasteiger partial charge on any atom is 0.240 e. The molecular weight excluding hydrogens is 608 g/mol. The van der Waals surface area contributed by atoms with E-state index in [9.17, 15) is 19.2 Å². The Kier molecular flexibility index (Phi) is 8.79. The van der Waals surface area contributed by atoms with Crippen LogP contribution >= 0.6 is 0 Å². The summed E-state index contributed by atoms with van der Waals surface area (Å²) < 4.78 is 6.10. The highest BCUT2D eigenvalue weighted by molar-refractivity contribution is 6.28. The predicted molar refractivity (Wildman–Crippen MR) is 183 cm³/mol. The van der Waals surface area contributed by atoms with E-state index >= 15 is 0 Å². The zero-order chi connectivity index (χ0) is 35.3. The van der Waals surface area contributed by atoms with Crippen LogP contribution in [0.4, 0.5) is 23.3 Å². The molecule has 1 aromatic carbocycles. The number of oxazole rings is 1. The zero-order valence-electron chi connectivity index (χ0n) is 29.4. The normalized spacial score (nSPS) is 16.5. The molecule has 0 saturated heterocycles. The molecule has 2 amide bonds. The number of ketones is 2. The molecule has 11 nitrogen and oxygen atoms in total. The number of benzene rings is 1. The Balaban J connectivity index is 1.45. The van der Waals surface area contributed by atoms with Gasteiger partial charge in [0.15, 0.2) is 17.4 Å². The van der Waals surface area contributed by atoms with E-state index in [1.54, 1.807) is 72.9 Å². The molecule has 3 aromatic rings. The van der Waals surface area contributed by atoms with Gasteiger partial charge in [-0.3, -0.25) is 19.2 Å². The molecule has 0 saturated carbocycles. The molecule has 1 N–H and O–H groups in total. The van der Waals surface area contributed by atoms with Gasteiger partial charge in [-0.1, -0.05) is 80.5 Å². The number of anilines is 4. The average molecular weight is 653 g/mol. The second kappa shape index (κ2) is 12.3. The van der Waals surface area contributed by atoms with Crippen LogP contribution in [0.5, 0.6) is 0 Å². The van der Waals surface area contributed by atoms with Gasteiger partial charge in [-0.2, -0.15) is 4.98 Å². The van der Waals surface area contributed by atoms with Gasteiger partial charge in [-0.25, -0.2) is 14.9 Å². The van der Waals surface area contributed by atoms with Crippen molar-refractivity contribution in [2.45, 2.75) is 82.3 Å². The van der Waals surface area contributed by atoms with E-state index in [2.05, 4.69) is 15.3 Å². The average Bonchev–Trinajstić information content (AvgIpc) is 3.64. The lowest BCUT2D eigenvalue weighted by Crippen LogP contribution is -2.37. The van der Waals surface area contributed by atoms with Crippen LogP contribution in [-0.4, -0.2) is 43.2 Å². The van der Waals surface area contributed by atoms with Gasteiger partial charge in [0.25, 0.3) is 0 Å². The van der Waals surface area contributed by atoms with E-state index in [1.807, 2.05) is 43.9 Å². The molecule has 1 unspecified atom stereocenters. The summed E-state index contributed by atoms with van der Waals surface area (Å²) in [5, 5.41) is 3.25. The maximum absolute atomic E-state index is 14.0. The second-order valence-corrected chi connectivity index (χ2v) is 15.5. The molecule has 1 aliphatic heterocycles. The summed E-state index contributed by atoms with van der Waals surface area (Å²) in [7, 11) is 0. The van der Waals surface area contributed by atoms with Crippen molar-refractivity contribution in [3.05, 3.63) is 71.4 Å². The number of aromatic nitrogens is 3. The van der Waals surface area contributed by atoms with E-state index in [0.29, 0.717) is 18.7 Å². The highest BCUT2D eigenvalue weighted by Crippen LogP contribution is 2.36. The Morgan fingerprint density at radius 1 is 0.917 bits per heavy atom. The molecule has 2 aliphatic rings. The minimum Gasteiger partial charge on any atom is -0.420 e. The summed E-state index contributed by atoms with van der Waals surface area (Å²) in [6.07, 6.45) is 7.79. The third-order valence-corrected chi connectivity index (χ3v) is 8.20. The number of Topliss-reactive ketones (excluding diaryl/α,β-unsaturated/α-hetero) is 2. The number of nitrogens with one attached hydrogen (secondary N) is 1. The molecule has 3 heterocycles. The number of carbonyl (C=O) groups is 4. The third kappa shape index (κ3) is 6.86. The molecule has 252 valence electrons. The number of amides is 2. The first kappa shape index (κ1) is 34.4. The SMILES string of the molecule is Cc1cnc(Nc2ccc3c(c2)CN(C(=O)C(C)(C)C)C3)nc1N(C(=O)C(C)(C)C)c1cnc(C2=CC=CC(C(=O)C(C)(C)C)C2=O)o1. The first-order valence-corrected chi connectivity index (χ1v) is 16.1. The number of allylic oxidation sites excluding steroid dienone is 4. The summed E-state index contributed by atoms with van der Waals surface area (Å²) in [4.78, 5) is 70.0. The van der Waals surface area contributed by atoms with Crippen molar-refractivity contribution in [3.63, 3.8) is 0 Å². The van der Waals surface area contributed by atoms with E-state index in [4.69, 9.17) is 9.40 Å². The van der Waals surface area contributed by atoms with Crippen LogP contribution in [-0.2, 0) is 32.3 Å². The standard InChI is InChI=1S/C37H44N6O5/c1-21-17-39-34(40-24-15-14-22-19-42(20-23(22)16-24)32(46)36(5,6)7)41-30(21)43(33(47)37(8,9)10)27-18-38-31(48-27)26-13-11-12-25(28(26)44)29(45)35(2,3)4/h11-18,25H,19-20H2,1-10H3,(H,39,40,41). The highest BCUT2D eigenvalue weighted by Gasteiger charge is 2.38. The van der Waals surface area contributed by atoms with Crippen molar-refractivity contribution in [1.82, 2.24) is 19.9 Å². The first-order chi connectivity index (χ1) is 22.3. The van der Waals surface area contributed by atoms with Gasteiger partial charge in [0.05, 0.1) is 11.8 Å². The lowest BCUT2D eigenvalue weighted by atomic mass is 9.78. The minimum absolute atomic E-state index is 0.0000436. The van der Waals surface area contributed by atoms with Crippen molar-refractivity contribution >= 4 is 52.3 Å².